The van der Waals surface area contributed by atoms with Crippen LogP contribution in [0.4, 0.5) is 8.78 Å². The fourth-order valence-corrected chi connectivity index (χ4v) is 1.77. The summed E-state index contributed by atoms with van der Waals surface area (Å²) in [4.78, 5) is 23.5. The number of likely N-dealkylation sites (tertiary alicyclic amines) is 1. The first-order valence-electron chi connectivity index (χ1n) is 5.29. The second-order valence-corrected chi connectivity index (χ2v) is 3.68. The molecular weight excluding hydrogens is 220 g/mol. The van der Waals surface area contributed by atoms with Gasteiger partial charge in [-0.15, -0.1) is 0 Å². The third-order valence-electron chi connectivity index (χ3n) is 2.54. The predicted octanol–water partition coefficient (Wildman–Crippen LogP) is 1.05. The molecule has 1 saturated heterocycles. The molecule has 1 amide bonds. The van der Waals surface area contributed by atoms with Crippen LogP contribution in [0, 0.1) is 5.92 Å². The Hall–Kier alpha value is -1.20. The van der Waals surface area contributed by atoms with Crippen LogP contribution >= 0.6 is 0 Å². The van der Waals surface area contributed by atoms with Crippen LogP contribution in [0.2, 0.25) is 0 Å². The minimum atomic E-state index is -3.00. The molecule has 1 heterocycles. The first-order valence-corrected chi connectivity index (χ1v) is 5.29. The SMILES string of the molecule is CCOC(=O)[C@H]1CCCN(C(=O)C(F)F)C1. The molecule has 0 aromatic heterocycles. The number of carbonyl (C=O) groups is 2. The van der Waals surface area contributed by atoms with Crippen molar-refractivity contribution in [3.8, 4) is 0 Å². The lowest BCUT2D eigenvalue weighted by molar-refractivity contribution is -0.153. The summed E-state index contributed by atoms with van der Waals surface area (Å²) in [5, 5.41) is 0. The predicted molar refractivity (Wildman–Crippen MR) is 51.9 cm³/mol. The smallest absolute Gasteiger partial charge is 0.315 e. The molecule has 0 aromatic carbocycles. The maximum atomic E-state index is 12.2. The Morgan fingerprint density at radius 2 is 2.19 bits per heavy atom. The van der Waals surface area contributed by atoms with E-state index in [4.69, 9.17) is 4.74 Å². The van der Waals surface area contributed by atoms with Crippen molar-refractivity contribution in [2.75, 3.05) is 19.7 Å². The van der Waals surface area contributed by atoms with Crippen LogP contribution in [0.1, 0.15) is 19.8 Å². The van der Waals surface area contributed by atoms with Gasteiger partial charge in [0.2, 0.25) is 0 Å². The third-order valence-corrected chi connectivity index (χ3v) is 2.54. The lowest BCUT2D eigenvalue weighted by Gasteiger charge is -2.31. The number of alkyl halides is 2. The molecule has 0 bridgehead atoms. The first kappa shape index (κ1) is 12.9. The number of hydrogen-bond acceptors (Lipinski definition) is 3. The highest BCUT2D eigenvalue weighted by Crippen LogP contribution is 2.19. The van der Waals surface area contributed by atoms with E-state index in [1.54, 1.807) is 6.92 Å². The minimum absolute atomic E-state index is 0.0437. The zero-order chi connectivity index (χ0) is 12.1. The van der Waals surface area contributed by atoms with Crippen molar-refractivity contribution in [3.63, 3.8) is 0 Å². The highest BCUT2D eigenvalue weighted by molar-refractivity contribution is 5.80. The van der Waals surface area contributed by atoms with E-state index < -0.39 is 24.2 Å². The second kappa shape index (κ2) is 5.77. The van der Waals surface area contributed by atoms with Crippen molar-refractivity contribution in [2.24, 2.45) is 5.92 Å². The molecule has 6 heteroatoms. The van der Waals surface area contributed by atoms with Gasteiger partial charge in [-0.2, -0.15) is 8.78 Å². The average Bonchev–Trinajstić information content (AvgIpc) is 2.28. The standard InChI is InChI=1S/C10H15F2NO3/c1-2-16-10(15)7-4-3-5-13(6-7)9(14)8(11)12/h7-8H,2-6H2,1H3/t7-/m0/s1. The minimum Gasteiger partial charge on any atom is -0.466 e. The topological polar surface area (TPSA) is 46.6 Å². The van der Waals surface area contributed by atoms with E-state index in [9.17, 15) is 18.4 Å². The van der Waals surface area contributed by atoms with Gasteiger partial charge in [0.05, 0.1) is 12.5 Å². The molecule has 0 N–H and O–H groups in total. The lowest BCUT2D eigenvalue weighted by Crippen LogP contribution is -2.45. The molecule has 0 aromatic rings. The largest absolute Gasteiger partial charge is 0.466 e. The Bertz CT molecular complexity index is 271. The molecule has 1 rings (SSSR count). The summed E-state index contributed by atoms with van der Waals surface area (Å²) >= 11 is 0. The van der Waals surface area contributed by atoms with Gasteiger partial charge in [-0.3, -0.25) is 9.59 Å². The Kier molecular flexibility index (Phi) is 4.64. The molecule has 0 aliphatic carbocycles. The van der Waals surface area contributed by atoms with Gasteiger partial charge in [0.15, 0.2) is 0 Å². The number of hydrogen-bond donors (Lipinski definition) is 0. The number of piperidine rings is 1. The lowest BCUT2D eigenvalue weighted by atomic mass is 9.98. The zero-order valence-electron chi connectivity index (χ0n) is 9.12. The van der Waals surface area contributed by atoms with Gasteiger partial charge in [-0.25, -0.2) is 0 Å². The van der Waals surface area contributed by atoms with Gasteiger partial charge >= 0.3 is 12.4 Å². The Labute approximate surface area is 92.5 Å². The number of ether oxygens (including phenoxy) is 1. The van der Waals surface area contributed by atoms with E-state index >= 15 is 0 Å². The van der Waals surface area contributed by atoms with E-state index in [-0.39, 0.29) is 13.2 Å². The maximum Gasteiger partial charge on any atom is 0.315 e. The monoisotopic (exact) mass is 235 g/mol. The van der Waals surface area contributed by atoms with E-state index in [1.807, 2.05) is 0 Å². The Morgan fingerprint density at radius 1 is 1.50 bits per heavy atom. The molecule has 92 valence electrons. The normalized spacial score (nSPS) is 21.0. The van der Waals surface area contributed by atoms with Crippen molar-refractivity contribution in [1.82, 2.24) is 4.90 Å². The first-order chi connectivity index (χ1) is 7.56. The number of esters is 1. The van der Waals surface area contributed by atoms with Gasteiger partial charge in [0.1, 0.15) is 0 Å². The van der Waals surface area contributed by atoms with Gasteiger partial charge < -0.3 is 9.64 Å². The molecule has 0 radical (unpaired) electrons. The Morgan fingerprint density at radius 3 is 2.75 bits per heavy atom. The number of carbonyl (C=O) groups excluding carboxylic acids is 2. The van der Waals surface area contributed by atoms with Crippen LogP contribution in [-0.4, -0.2) is 42.9 Å². The van der Waals surface area contributed by atoms with Crippen molar-refractivity contribution >= 4 is 11.9 Å². The summed E-state index contributed by atoms with van der Waals surface area (Å²) in [5.41, 5.74) is 0. The molecule has 0 spiro atoms. The average molecular weight is 235 g/mol. The Balaban J connectivity index is 2.53. The highest BCUT2D eigenvalue weighted by Gasteiger charge is 2.32. The number of amides is 1. The van der Waals surface area contributed by atoms with Crippen LogP contribution < -0.4 is 0 Å². The molecule has 1 aliphatic heterocycles. The van der Waals surface area contributed by atoms with E-state index in [0.29, 0.717) is 19.4 Å². The molecule has 4 nitrogen and oxygen atoms in total. The van der Waals surface area contributed by atoms with E-state index in [2.05, 4.69) is 0 Å². The summed E-state index contributed by atoms with van der Waals surface area (Å²) in [5.74, 6) is -2.07. The molecule has 0 saturated carbocycles. The molecular formula is C10H15F2NO3. The summed E-state index contributed by atoms with van der Waals surface area (Å²) in [7, 11) is 0. The fourth-order valence-electron chi connectivity index (χ4n) is 1.77. The van der Waals surface area contributed by atoms with E-state index in [0.717, 1.165) is 4.90 Å². The summed E-state index contributed by atoms with van der Waals surface area (Å²) in [6.45, 7) is 2.28. The van der Waals surface area contributed by atoms with Crippen molar-refractivity contribution in [1.29, 1.82) is 0 Å². The molecule has 0 unspecified atom stereocenters. The number of halogens is 2. The van der Waals surface area contributed by atoms with E-state index in [1.165, 1.54) is 0 Å². The van der Waals surface area contributed by atoms with Gasteiger partial charge in [-0.05, 0) is 19.8 Å². The van der Waals surface area contributed by atoms with Crippen LogP contribution in [0.15, 0.2) is 0 Å². The highest BCUT2D eigenvalue weighted by atomic mass is 19.3. The van der Waals surface area contributed by atoms with Crippen LogP contribution in [0.5, 0.6) is 0 Å². The number of nitrogens with zero attached hydrogens (tertiary/aromatic N) is 1. The molecule has 1 fully saturated rings. The summed E-state index contributed by atoms with van der Waals surface area (Å²) in [6, 6.07) is 0. The quantitative estimate of drug-likeness (QED) is 0.687. The van der Waals surface area contributed by atoms with Crippen LogP contribution in [0.3, 0.4) is 0 Å². The second-order valence-electron chi connectivity index (χ2n) is 3.68. The summed E-state index contributed by atoms with van der Waals surface area (Å²) in [6.07, 6.45) is -1.85. The molecule has 1 aliphatic rings. The van der Waals surface area contributed by atoms with Crippen LogP contribution in [-0.2, 0) is 14.3 Å². The van der Waals surface area contributed by atoms with Crippen molar-refractivity contribution in [2.45, 2.75) is 26.2 Å². The number of rotatable bonds is 3. The van der Waals surface area contributed by atoms with Gasteiger partial charge in [0.25, 0.3) is 5.91 Å². The third kappa shape index (κ3) is 3.15. The summed E-state index contributed by atoms with van der Waals surface area (Å²) < 4.78 is 29.2. The molecule has 16 heavy (non-hydrogen) atoms. The zero-order valence-corrected chi connectivity index (χ0v) is 9.12. The fraction of sp³-hybridized carbons (Fsp3) is 0.800. The van der Waals surface area contributed by atoms with Crippen molar-refractivity contribution < 1.29 is 23.1 Å². The maximum absolute atomic E-state index is 12.2. The van der Waals surface area contributed by atoms with Crippen LogP contribution in [0.25, 0.3) is 0 Å². The molecule has 1 atom stereocenters. The van der Waals surface area contributed by atoms with Gasteiger partial charge in [-0.1, -0.05) is 0 Å². The van der Waals surface area contributed by atoms with Gasteiger partial charge in [0, 0.05) is 13.1 Å². The van der Waals surface area contributed by atoms with Crippen molar-refractivity contribution in [3.05, 3.63) is 0 Å².